The Balaban J connectivity index is 1.93. The molecule has 112 valence electrons. The molecule has 2 bridgehead atoms. The summed E-state index contributed by atoms with van der Waals surface area (Å²) in [5.74, 6) is 0.641. The van der Waals surface area contributed by atoms with Crippen LogP contribution in [0, 0.1) is 0 Å². The lowest BCUT2D eigenvalue weighted by atomic mass is 9.98. The van der Waals surface area contributed by atoms with Crippen molar-refractivity contribution in [3.05, 3.63) is 37.1 Å². The molecule has 2 aliphatic rings. The first-order valence-electron chi connectivity index (χ1n) is 6.69. The highest BCUT2D eigenvalue weighted by molar-refractivity contribution is 5.84. The SMILES string of the molecule is C=CCON1C(=O)N2CC1C(c1cnco1)=C[C@H]2COC. The van der Waals surface area contributed by atoms with Crippen molar-refractivity contribution in [2.45, 2.75) is 12.1 Å². The summed E-state index contributed by atoms with van der Waals surface area (Å²) in [6.45, 7) is 4.84. The van der Waals surface area contributed by atoms with Crippen LogP contribution in [0.25, 0.3) is 5.57 Å². The molecule has 21 heavy (non-hydrogen) atoms. The van der Waals surface area contributed by atoms with E-state index in [1.54, 1.807) is 24.3 Å². The van der Waals surface area contributed by atoms with Gasteiger partial charge in [-0.05, 0) is 0 Å². The van der Waals surface area contributed by atoms with Gasteiger partial charge >= 0.3 is 6.03 Å². The van der Waals surface area contributed by atoms with E-state index in [0.717, 1.165) is 5.57 Å². The summed E-state index contributed by atoms with van der Waals surface area (Å²) >= 11 is 0. The third-order valence-electron chi connectivity index (χ3n) is 3.60. The number of nitrogens with zero attached hydrogens (tertiary/aromatic N) is 3. The summed E-state index contributed by atoms with van der Waals surface area (Å²) in [5.41, 5.74) is 0.890. The zero-order chi connectivity index (χ0) is 14.8. The number of rotatable bonds is 6. The van der Waals surface area contributed by atoms with Gasteiger partial charge in [0.15, 0.2) is 12.2 Å². The molecule has 7 heteroatoms. The number of aromatic nitrogens is 1. The molecule has 2 aliphatic heterocycles. The van der Waals surface area contributed by atoms with Crippen LogP contribution in [0.4, 0.5) is 4.79 Å². The van der Waals surface area contributed by atoms with E-state index in [4.69, 9.17) is 14.0 Å². The Labute approximate surface area is 122 Å². The van der Waals surface area contributed by atoms with Crippen molar-refractivity contribution < 1.29 is 18.8 Å². The zero-order valence-corrected chi connectivity index (χ0v) is 11.8. The molecule has 1 fully saturated rings. The van der Waals surface area contributed by atoms with Gasteiger partial charge in [-0.15, -0.1) is 6.58 Å². The summed E-state index contributed by atoms with van der Waals surface area (Å²) in [4.78, 5) is 23.6. The average Bonchev–Trinajstić information content (AvgIpc) is 3.10. The van der Waals surface area contributed by atoms with Gasteiger partial charge in [0.2, 0.25) is 0 Å². The average molecular weight is 291 g/mol. The summed E-state index contributed by atoms with van der Waals surface area (Å²) < 4.78 is 10.6. The molecule has 7 nitrogen and oxygen atoms in total. The first-order valence-corrected chi connectivity index (χ1v) is 6.69. The molecule has 1 aromatic heterocycles. The highest BCUT2D eigenvalue weighted by Gasteiger charge is 2.47. The van der Waals surface area contributed by atoms with Crippen molar-refractivity contribution in [1.29, 1.82) is 0 Å². The number of methoxy groups -OCH3 is 1. The van der Waals surface area contributed by atoms with Crippen LogP contribution >= 0.6 is 0 Å². The molecule has 2 atom stereocenters. The molecule has 0 spiro atoms. The number of carbonyl (C=O) groups excluding carboxylic acids is 1. The first kappa shape index (κ1) is 13.8. The molecule has 3 rings (SSSR count). The number of amides is 2. The molecular weight excluding hydrogens is 274 g/mol. The number of hydrogen-bond donors (Lipinski definition) is 0. The largest absolute Gasteiger partial charge is 0.444 e. The minimum Gasteiger partial charge on any atom is -0.444 e. The molecule has 0 aromatic carbocycles. The molecule has 0 N–H and O–H groups in total. The van der Waals surface area contributed by atoms with Gasteiger partial charge in [0.1, 0.15) is 6.04 Å². The van der Waals surface area contributed by atoms with Crippen molar-refractivity contribution >= 4 is 11.6 Å². The summed E-state index contributed by atoms with van der Waals surface area (Å²) in [6.07, 6.45) is 6.60. The quantitative estimate of drug-likeness (QED) is 0.739. The van der Waals surface area contributed by atoms with E-state index in [9.17, 15) is 4.79 Å². The van der Waals surface area contributed by atoms with Gasteiger partial charge in [-0.3, -0.25) is 4.84 Å². The fourth-order valence-electron chi connectivity index (χ4n) is 2.70. The van der Waals surface area contributed by atoms with Crippen molar-refractivity contribution in [1.82, 2.24) is 14.9 Å². The molecule has 0 aliphatic carbocycles. The van der Waals surface area contributed by atoms with E-state index in [-0.39, 0.29) is 24.7 Å². The molecule has 2 amide bonds. The smallest absolute Gasteiger partial charge is 0.345 e. The van der Waals surface area contributed by atoms with E-state index in [0.29, 0.717) is 18.9 Å². The summed E-state index contributed by atoms with van der Waals surface area (Å²) in [6, 6.07) is -0.524. The van der Waals surface area contributed by atoms with Gasteiger partial charge in [0, 0.05) is 12.7 Å². The van der Waals surface area contributed by atoms with Gasteiger partial charge < -0.3 is 14.1 Å². The zero-order valence-electron chi connectivity index (χ0n) is 11.8. The highest BCUT2D eigenvalue weighted by Crippen LogP contribution is 2.35. The first-order chi connectivity index (χ1) is 10.3. The maximum absolute atomic E-state index is 12.5. The van der Waals surface area contributed by atoms with Crippen molar-refractivity contribution in [2.24, 2.45) is 0 Å². The standard InChI is InChI=1S/C14H17N3O4/c1-3-4-21-17-12-7-16(14(17)18)10(8-19-2)5-11(12)13-6-15-9-20-13/h3,5-6,9-10,12H,1,4,7-8H2,2H3/t10-,12?/m0/s1. The Bertz CT molecular complexity index is 555. The number of carbonyl (C=O) groups is 1. The molecule has 1 unspecified atom stereocenters. The second-order valence-electron chi connectivity index (χ2n) is 4.87. The molecule has 1 saturated heterocycles. The summed E-state index contributed by atoms with van der Waals surface area (Å²) in [5, 5.41) is 1.38. The number of fused-ring (bicyclic) bond motifs is 2. The van der Waals surface area contributed by atoms with Crippen LogP contribution < -0.4 is 0 Å². The topological polar surface area (TPSA) is 68.0 Å². The van der Waals surface area contributed by atoms with Crippen LogP contribution in [-0.2, 0) is 9.57 Å². The Morgan fingerprint density at radius 2 is 2.48 bits per heavy atom. The highest BCUT2D eigenvalue weighted by atomic mass is 16.7. The number of ether oxygens (including phenoxy) is 1. The molecule has 3 heterocycles. The lowest BCUT2D eigenvalue weighted by Crippen LogP contribution is -2.41. The van der Waals surface area contributed by atoms with Crippen molar-refractivity contribution in [3.63, 3.8) is 0 Å². The Morgan fingerprint density at radius 1 is 1.62 bits per heavy atom. The van der Waals surface area contributed by atoms with Crippen molar-refractivity contribution in [2.75, 3.05) is 26.9 Å². The lowest BCUT2D eigenvalue weighted by Gasteiger charge is -2.28. The van der Waals surface area contributed by atoms with Gasteiger partial charge in [0.05, 0.1) is 32.0 Å². The number of oxazole rings is 1. The fourth-order valence-corrected chi connectivity index (χ4v) is 2.70. The third-order valence-corrected chi connectivity index (χ3v) is 3.60. The van der Waals surface area contributed by atoms with E-state index in [2.05, 4.69) is 11.6 Å². The minimum atomic E-state index is -0.210. The van der Waals surface area contributed by atoms with Gasteiger partial charge in [-0.1, -0.05) is 12.2 Å². The third kappa shape index (κ3) is 2.34. The lowest BCUT2D eigenvalue weighted by molar-refractivity contribution is -0.106. The van der Waals surface area contributed by atoms with E-state index in [1.807, 2.05) is 6.08 Å². The van der Waals surface area contributed by atoms with Crippen LogP contribution in [-0.4, -0.2) is 59.9 Å². The molecule has 1 aromatic rings. The monoisotopic (exact) mass is 291 g/mol. The fraction of sp³-hybridized carbons (Fsp3) is 0.429. The maximum atomic E-state index is 12.5. The number of hydrogen-bond acceptors (Lipinski definition) is 5. The number of hydroxylamine groups is 2. The Hall–Kier alpha value is -2.12. The minimum absolute atomic E-state index is 0.142. The Kier molecular flexibility index (Phi) is 3.76. The van der Waals surface area contributed by atoms with Crippen molar-refractivity contribution in [3.8, 4) is 0 Å². The van der Waals surface area contributed by atoms with Crippen LogP contribution in [0.5, 0.6) is 0 Å². The molecule has 0 saturated carbocycles. The Morgan fingerprint density at radius 3 is 3.14 bits per heavy atom. The second-order valence-corrected chi connectivity index (χ2v) is 4.87. The van der Waals surface area contributed by atoms with Crippen LogP contribution in [0.15, 0.2) is 35.7 Å². The normalized spacial score (nSPS) is 24.4. The van der Waals surface area contributed by atoms with Gasteiger partial charge in [-0.25, -0.2) is 9.78 Å². The van der Waals surface area contributed by atoms with Crippen LogP contribution in [0.3, 0.4) is 0 Å². The molecule has 0 radical (unpaired) electrons. The van der Waals surface area contributed by atoms with Crippen LogP contribution in [0.1, 0.15) is 5.76 Å². The van der Waals surface area contributed by atoms with E-state index >= 15 is 0 Å². The predicted octanol–water partition coefficient (Wildman–Crippen LogP) is 1.31. The van der Waals surface area contributed by atoms with Gasteiger partial charge in [0.25, 0.3) is 0 Å². The number of urea groups is 1. The van der Waals surface area contributed by atoms with Gasteiger partial charge in [-0.2, -0.15) is 5.06 Å². The summed E-state index contributed by atoms with van der Waals surface area (Å²) in [7, 11) is 1.61. The molecular formula is C14H17N3O4. The van der Waals surface area contributed by atoms with Crippen LogP contribution in [0.2, 0.25) is 0 Å². The van der Waals surface area contributed by atoms with E-state index in [1.165, 1.54) is 11.5 Å². The second kappa shape index (κ2) is 5.71. The van der Waals surface area contributed by atoms with E-state index < -0.39 is 0 Å². The maximum Gasteiger partial charge on any atom is 0.345 e. The predicted molar refractivity (Wildman–Crippen MR) is 74.0 cm³/mol.